The molecule has 0 radical (unpaired) electrons. The van der Waals surface area contributed by atoms with E-state index in [0.29, 0.717) is 6.04 Å². The average molecular weight is 189 g/mol. The van der Waals surface area contributed by atoms with E-state index in [9.17, 15) is 0 Å². The Hall–Kier alpha value is -1.09. The van der Waals surface area contributed by atoms with Gasteiger partial charge >= 0.3 is 0 Å². The molecule has 0 spiro atoms. The summed E-state index contributed by atoms with van der Waals surface area (Å²) in [5.74, 6) is 0.857. The fraction of sp³-hybridized carbons (Fsp3) is 0.545. The molecule has 3 rings (SSSR count). The van der Waals surface area contributed by atoms with Gasteiger partial charge in [0.25, 0.3) is 0 Å². The summed E-state index contributed by atoms with van der Waals surface area (Å²) in [4.78, 5) is 6.68. The van der Waals surface area contributed by atoms with E-state index in [-0.39, 0.29) is 0 Å². The second-order valence-electron chi connectivity index (χ2n) is 4.18. The normalized spacial score (nSPS) is 30.7. The van der Waals surface area contributed by atoms with Crippen LogP contribution in [0.25, 0.3) is 0 Å². The predicted octanol–water partition coefficient (Wildman–Crippen LogP) is 0.880. The first-order valence-corrected chi connectivity index (χ1v) is 5.32. The van der Waals surface area contributed by atoms with Crippen LogP contribution < -0.4 is 10.2 Å². The van der Waals surface area contributed by atoms with Crippen molar-refractivity contribution >= 4 is 5.69 Å². The molecular weight excluding hydrogens is 174 g/mol. The minimum atomic E-state index is 0.708. The number of anilines is 1. The summed E-state index contributed by atoms with van der Waals surface area (Å²) < 4.78 is 0. The standard InChI is InChI=1S/C11H15N3/c1-2-10(7-12-4-1)14-5-3-9-6-13-8-11(9)14/h1-2,4,7,9,11,13H,3,5-6,8H2/t9?,11-/m0/s1. The fourth-order valence-electron chi connectivity index (χ4n) is 2.69. The lowest BCUT2D eigenvalue weighted by atomic mass is 10.1. The molecule has 2 saturated heterocycles. The Morgan fingerprint density at radius 2 is 2.43 bits per heavy atom. The molecule has 0 aromatic carbocycles. The van der Waals surface area contributed by atoms with Gasteiger partial charge in [-0.15, -0.1) is 0 Å². The molecule has 0 aliphatic carbocycles. The van der Waals surface area contributed by atoms with E-state index in [1.165, 1.54) is 25.2 Å². The average Bonchev–Trinajstić information content (AvgIpc) is 2.79. The summed E-state index contributed by atoms with van der Waals surface area (Å²) in [7, 11) is 0. The lowest BCUT2D eigenvalue weighted by Gasteiger charge is -2.25. The van der Waals surface area contributed by atoms with Crippen molar-refractivity contribution in [2.45, 2.75) is 12.5 Å². The van der Waals surface area contributed by atoms with Crippen LogP contribution in [0.5, 0.6) is 0 Å². The van der Waals surface area contributed by atoms with Gasteiger partial charge in [0.15, 0.2) is 0 Å². The zero-order valence-corrected chi connectivity index (χ0v) is 8.19. The maximum atomic E-state index is 4.18. The molecule has 2 atom stereocenters. The summed E-state index contributed by atoms with van der Waals surface area (Å²) in [5, 5.41) is 3.46. The third-order valence-corrected chi connectivity index (χ3v) is 3.42. The molecule has 3 nitrogen and oxygen atoms in total. The monoisotopic (exact) mass is 189 g/mol. The van der Waals surface area contributed by atoms with Gasteiger partial charge in [-0.05, 0) is 24.5 Å². The van der Waals surface area contributed by atoms with E-state index in [1.807, 2.05) is 18.5 Å². The molecule has 2 fully saturated rings. The molecular formula is C11H15N3. The third kappa shape index (κ3) is 1.20. The minimum absolute atomic E-state index is 0.708. The maximum Gasteiger partial charge on any atom is 0.0555 e. The summed E-state index contributed by atoms with van der Waals surface area (Å²) in [6.07, 6.45) is 5.14. The van der Waals surface area contributed by atoms with Crippen molar-refractivity contribution in [3.63, 3.8) is 0 Å². The summed E-state index contributed by atoms with van der Waals surface area (Å²) >= 11 is 0. The van der Waals surface area contributed by atoms with E-state index in [2.05, 4.69) is 21.3 Å². The molecule has 1 N–H and O–H groups in total. The van der Waals surface area contributed by atoms with Gasteiger partial charge in [-0.3, -0.25) is 4.98 Å². The zero-order chi connectivity index (χ0) is 9.38. The van der Waals surface area contributed by atoms with Crippen molar-refractivity contribution in [3.8, 4) is 0 Å². The van der Waals surface area contributed by atoms with Crippen LogP contribution in [0.4, 0.5) is 5.69 Å². The van der Waals surface area contributed by atoms with Crippen molar-refractivity contribution in [1.82, 2.24) is 10.3 Å². The highest BCUT2D eigenvalue weighted by atomic mass is 15.2. The lowest BCUT2D eigenvalue weighted by molar-refractivity contribution is 0.578. The topological polar surface area (TPSA) is 28.2 Å². The van der Waals surface area contributed by atoms with E-state index in [4.69, 9.17) is 0 Å². The van der Waals surface area contributed by atoms with Crippen LogP contribution in [0.2, 0.25) is 0 Å². The van der Waals surface area contributed by atoms with Gasteiger partial charge in [-0.2, -0.15) is 0 Å². The van der Waals surface area contributed by atoms with Gasteiger partial charge in [0.2, 0.25) is 0 Å². The van der Waals surface area contributed by atoms with Crippen LogP contribution in [0.1, 0.15) is 6.42 Å². The Morgan fingerprint density at radius 3 is 3.29 bits per heavy atom. The van der Waals surface area contributed by atoms with Crippen LogP contribution in [-0.4, -0.2) is 30.7 Å². The van der Waals surface area contributed by atoms with Crippen molar-refractivity contribution < 1.29 is 0 Å². The maximum absolute atomic E-state index is 4.18. The van der Waals surface area contributed by atoms with Crippen molar-refractivity contribution in [2.24, 2.45) is 5.92 Å². The zero-order valence-electron chi connectivity index (χ0n) is 8.19. The second-order valence-corrected chi connectivity index (χ2v) is 4.18. The number of hydrogen-bond donors (Lipinski definition) is 1. The third-order valence-electron chi connectivity index (χ3n) is 3.42. The first kappa shape index (κ1) is 8.24. The lowest BCUT2D eigenvalue weighted by Crippen LogP contribution is -2.34. The van der Waals surface area contributed by atoms with E-state index < -0.39 is 0 Å². The summed E-state index contributed by atoms with van der Waals surface area (Å²) in [5.41, 5.74) is 1.28. The van der Waals surface area contributed by atoms with Gasteiger partial charge in [-0.25, -0.2) is 0 Å². The molecule has 3 heteroatoms. The molecule has 1 aromatic rings. The molecule has 14 heavy (non-hydrogen) atoms. The molecule has 0 saturated carbocycles. The Kier molecular flexibility index (Phi) is 1.91. The van der Waals surface area contributed by atoms with Crippen LogP contribution >= 0.6 is 0 Å². The molecule has 1 aromatic heterocycles. The molecule has 2 aliphatic heterocycles. The molecule has 0 bridgehead atoms. The first-order valence-electron chi connectivity index (χ1n) is 5.32. The number of rotatable bonds is 1. The number of nitrogens with zero attached hydrogens (tertiary/aromatic N) is 2. The fourth-order valence-corrected chi connectivity index (χ4v) is 2.69. The molecule has 2 aliphatic rings. The van der Waals surface area contributed by atoms with Crippen molar-refractivity contribution in [3.05, 3.63) is 24.5 Å². The highest BCUT2D eigenvalue weighted by Crippen LogP contribution is 2.31. The van der Waals surface area contributed by atoms with Crippen LogP contribution in [0.3, 0.4) is 0 Å². The number of nitrogens with one attached hydrogen (secondary N) is 1. The summed E-state index contributed by atoms with van der Waals surface area (Å²) in [6.45, 7) is 3.53. The molecule has 3 heterocycles. The quantitative estimate of drug-likeness (QED) is 0.711. The summed E-state index contributed by atoms with van der Waals surface area (Å²) in [6, 6.07) is 4.89. The van der Waals surface area contributed by atoms with Crippen molar-refractivity contribution in [2.75, 3.05) is 24.5 Å². The second kappa shape index (κ2) is 3.24. The SMILES string of the molecule is c1cncc(N2CCC3CNC[C@@H]32)c1. The van der Waals surface area contributed by atoms with Gasteiger partial charge in [0.05, 0.1) is 11.9 Å². The number of fused-ring (bicyclic) bond motifs is 1. The van der Waals surface area contributed by atoms with Crippen LogP contribution in [0.15, 0.2) is 24.5 Å². The number of aromatic nitrogens is 1. The van der Waals surface area contributed by atoms with Gasteiger partial charge in [-0.1, -0.05) is 0 Å². The number of pyridine rings is 1. The van der Waals surface area contributed by atoms with E-state index >= 15 is 0 Å². The minimum Gasteiger partial charge on any atom is -0.366 e. The van der Waals surface area contributed by atoms with Gasteiger partial charge < -0.3 is 10.2 Å². The largest absolute Gasteiger partial charge is 0.366 e. The first-order chi connectivity index (χ1) is 6.95. The Bertz CT molecular complexity index is 312. The highest BCUT2D eigenvalue weighted by Gasteiger charge is 2.37. The van der Waals surface area contributed by atoms with E-state index in [0.717, 1.165) is 12.5 Å². The van der Waals surface area contributed by atoms with Crippen LogP contribution in [0, 0.1) is 5.92 Å². The molecule has 74 valence electrons. The number of hydrogen-bond acceptors (Lipinski definition) is 3. The van der Waals surface area contributed by atoms with Gasteiger partial charge in [0, 0.05) is 31.9 Å². The Morgan fingerprint density at radius 1 is 1.43 bits per heavy atom. The molecule has 1 unspecified atom stereocenters. The van der Waals surface area contributed by atoms with Crippen LogP contribution in [-0.2, 0) is 0 Å². The van der Waals surface area contributed by atoms with Crippen molar-refractivity contribution in [1.29, 1.82) is 0 Å². The predicted molar refractivity (Wildman–Crippen MR) is 56.3 cm³/mol. The van der Waals surface area contributed by atoms with Gasteiger partial charge in [0.1, 0.15) is 0 Å². The smallest absolute Gasteiger partial charge is 0.0555 e. The van der Waals surface area contributed by atoms with E-state index in [1.54, 1.807) is 0 Å². The highest BCUT2D eigenvalue weighted by molar-refractivity contribution is 5.46. The Labute approximate surface area is 84.1 Å². The Balaban J connectivity index is 1.86. The molecule has 0 amide bonds.